The summed E-state index contributed by atoms with van der Waals surface area (Å²) in [6, 6.07) is 5.40. The largest absolute Gasteiger partial charge is 0.309 e. The number of nitrogens with zero attached hydrogens (tertiary/aromatic N) is 3. The van der Waals surface area contributed by atoms with Crippen LogP contribution in [0, 0.1) is 6.92 Å². The molecule has 2 heterocycles. The lowest BCUT2D eigenvalue weighted by atomic mass is 10.4. The number of amides is 1. The van der Waals surface area contributed by atoms with Crippen LogP contribution in [0.2, 0.25) is 0 Å². The molecule has 0 aliphatic rings. The molecule has 1 N–H and O–H groups in total. The number of rotatable bonds is 3. The van der Waals surface area contributed by atoms with E-state index >= 15 is 0 Å². The Labute approximate surface area is 107 Å². The van der Waals surface area contributed by atoms with Crippen LogP contribution in [0.4, 0.5) is 5.82 Å². The van der Waals surface area contributed by atoms with Gasteiger partial charge in [0.15, 0.2) is 0 Å². The molecule has 6 heteroatoms. The van der Waals surface area contributed by atoms with Crippen molar-refractivity contribution < 1.29 is 4.79 Å². The number of aromatic nitrogens is 3. The number of carbonyl (C=O) groups is 1. The van der Waals surface area contributed by atoms with Crippen molar-refractivity contribution in [3.8, 4) is 0 Å². The molecule has 0 aliphatic heterocycles. The number of hydrogen-bond donors (Lipinski definition) is 1. The van der Waals surface area contributed by atoms with Gasteiger partial charge in [-0.25, -0.2) is 4.98 Å². The van der Waals surface area contributed by atoms with Gasteiger partial charge in [-0.15, -0.1) is 0 Å². The lowest BCUT2D eigenvalue weighted by Gasteiger charge is -2.04. The first kappa shape index (κ1) is 11.8. The number of aryl methyl sites for hydroxylation is 1. The van der Waals surface area contributed by atoms with Crippen molar-refractivity contribution in [2.75, 3.05) is 5.32 Å². The van der Waals surface area contributed by atoms with Gasteiger partial charge in [0.25, 0.3) is 0 Å². The van der Waals surface area contributed by atoms with Crippen molar-refractivity contribution in [1.82, 2.24) is 14.8 Å². The maximum atomic E-state index is 11.7. The molecule has 0 aliphatic carbocycles. The standard InChI is InChI=1S/C11H11BrN4O/c1-8-4-5-16(15-8)7-11(17)14-10-3-2-9(12)6-13-10/h2-6H,7H2,1H3,(H,13,14,17). The molecule has 0 bridgehead atoms. The van der Waals surface area contributed by atoms with E-state index in [-0.39, 0.29) is 12.5 Å². The molecule has 2 aromatic heterocycles. The minimum absolute atomic E-state index is 0.150. The highest BCUT2D eigenvalue weighted by Crippen LogP contribution is 2.10. The molecular weight excluding hydrogens is 284 g/mol. The van der Waals surface area contributed by atoms with Crippen LogP contribution in [0.1, 0.15) is 5.69 Å². The van der Waals surface area contributed by atoms with Gasteiger partial charge < -0.3 is 5.32 Å². The van der Waals surface area contributed by atoms with Gasteiger partial charge in [-0.2, -0.15) is 5.10 Å². The third-order valence-corrected chi connectivity index (χ3v) is 2.54. The first-order valence-corrected chi connectivity index (χ1v) is 5.84. The van der Waals surface area contributed by atoms with E-state index in [1.807, 2.05) is 19.1 Å². The fourth-order valence-corrected chi connectivity index (χ4v) is 1.57. The SMILES string of the molecule is Cc1ccn(CC(=O)Nc2ccc(Br)cn2)n1. The molecule has 88 valence electrons. The molecule has 0 atom stereocenters. The number of anilines is 1. The monoisotopic (exact) mass is 294 g/mol. The maximum absolute atomic E-state index is 11.7. The second-order valence-electron chi connectivity index (χ2n) is 3.56. The van der Waals surface area contributed by atoms with E-state index in [1.54, 1.807) is 23.1 Å². The van der Waals surface area contributed by atoms with Crippen molar-refractivity contribution in [2.45, 2.75) is 13.5 Å². The van der Waals surface area contributed by atoms with Crippen molar-refractivity contribution in [2.24, 2.45) is 0 Å². The second kappa shape index (κ2) is 5.09. The first-order chi connectivity index (χ1) is 8.13. The van der Waals surface area contributed by atoms with Crippen LogP contribution in [0.5, 0.6) is 0 Å². The number of nitrogens with one attached hydrogen (secondary N) is 1. The van der Waals surface area contributed by atoms with Crippen LogP contribution in [0.15, 0.2) is 35.1 Å². The van der Waals surface area contributed by atoms with Gasteiger partial charge in [0.05, 0.1) is 5.69 Å². The topological polar surface area (TPSA) is 59.8 Å². The Morgan fingerprint density at radius 3 is 2.88 bits per heavy atom. The van der Waals surface area contributed by atoms with Gasteiger partial charge in [-0.3, -0.25) is 9.48 Å². The fourth-order valence-electron chi connectivity index (χ4n) is 1.33. The minimum atomic E-state index is -0.150. The predicted octanol–water partition coefficient (Wildman–Crippen LogP) is 1.99. The van der Waals surface area contributed by atoms with Crippen LogP contribution in [0.25, 0.3) is 0 Å². The molecule has 17 heavy (non-hydrogen) atoms. The molecular formula is C11H11BrN4O. The molecule has 2 rings (SSSR count). The Morgan fingerprint density at radius 1 is 1.47 bits per heavy atom. The summed E-state index contributed by atoms with van der Waals surface area (Å²) in [6.07, 6.45) is 3.40. The molecule has 0 unspecified atom stereocenters. The zero-order valence-corrected chi connectivity index (χ0v) is 10.8. The van der Waals surface area contributed by atoms with Crippen LogP contribution >= 0.6 is 15.9 Å². The number of carbonyl (C=O) groups excluding carboxylic acids is 1. The molecule has 0 aromatic carbocycles. The highest BCUT2D eigenvalue weighted by Gasteiger charge is 2.04. The minimum Gasteiger partial charge on any atom is -0.309 e. The van der Waals surface area contributed by atoms with Gasteiger partial charge >= 0.3 is 0 Å². The summed E-state index contributed by atoms with van der Waals surface area (Å²) in [5.74, 6) is 0.380. The van der Waals surface area contributed by atoms with Crippen LogP contribution in [-0.2, 0) is 11.3 Å². The third-order valence-electron chi connectivity index (χ3n) is 2.07. The molecule has 0 spiro atoms. The normalized spacial score (nSPS) is 10.2. The van der Waals surface area contributed by atoms with Gasteiger partial charge in [-0.05, 0) is 41.1 Å². The molecule has 5 nitrogen and oxygen atoms in total. The highest BCUT2D eigenvalue weighted by atomic mass is 79.9. The van der Waals surface area contributed by atoms with Gasteiger partial charge in [0.1, 0.15) is 12.4 Å². The van der Waals surface area contributed by atoms with E-state index in [0.717, 1.165) is 10.2 Å². The van der Waals surface area contributed by atoms with E-state index in [0.29, 0.717) is 5.82 Å². The summed E-state index contributed by atoms with van der Waals surface area (Å²) >= 11 is 3.28. The number of halogens is 1. The van der Waals surface area contributed by atoms with Gasteiger partial charge in [-0.1, -0.05) is 0 Å². The molecule has 1 amide bonds. The highest BCUT2D eigenvalue weighted by molar-refractivity contribution is 9.10. The van der Waals surface area contributed by atoms with E-state index in [9.17, 15) is 4.79 Å². The Kier molecular flexibility index (Phi) is 3.53. The molecule has 0 radical (unpaired) electrons. The lowest BCUT2D eigenvalue weighted by Crippen LogP contribution is -2.19. The zero-order chi connectivity index (χ0) is 12.3. The quantitative estimate of drug-likeness (QED) is 0.942. The Hall–Kier alpha value is -1.69. The maximum Gasteiger partial charge on any atom is 0.247 e. The van der Waals surface area contributed by atoms with E-state index in [1.165, 1.54) is 0 Å². The average Bonchev–Trinajstić information content (AvgIpc) is 2.67. The fraction of sp³-hybridized carbons (Fsp3) is 0.182. The first-order valence-electron chi connectivity index (χ1n) is 5.05. The number of pyridine rings is 1. The summed E-state index contributed by atoms with van der Waals surface area (Å²) in [5.41, 5.74) is 0.888. The average molecular weight is 295 g/mol. The predicted molar refractivity (Wildman–Crippen MR) is 67.5 cm³/mol. The molecule has 0 saturated carbocycles. The Balaban J connectivity index is 1.95. The van der Waals surface area contributed by atoms with Crippen LogP contribution in [0.3, 0.4) is 0 Å². The Bertz CT molecular complexity index is 521. The van der Waals surface area contributed by atoms with Crippen molar-refractivity contribution in [3.05, 3.63) is 40.8 Å². The van der Waals surface area contributed by atoms with Gasteiger partial charge in [0.2, 0.25) is 5.91 Å². The van der Waals surface area contributed by atoms with E-state index < -0.39 is 0 Å². The smallest absolute Gasteiger partial charge is 0.247 e. The van der Waals surface area contributed by atoms with E-state index in [4.69, 9.17) is 0 Å². The molecule has 0 fully saturated rings. The Morgan fingerprint density at radius 2 is 2.29 bits per heavy atom. The summed E-state index contributed by atoms with van der Waals surface area (Å²) in [4.78, 5) is 15.7. The van der Waals surface area contributed by atoms with E-state index in [2.05, 4.69) is 31.3 Å². The second-order valence-corrected chi connectivity index (χ2v) is 4.48. The molecule has 2 aromatic rings. The lowest BCUT2D eigenvalue weighted by molar-refractivity contribution is -0.116. The summed E-state index contributed by atoms with van der Waals surface area (Å²) in [7, 11) is 0. The third kappa shape index (κ3) is 3.39. The van der Waals surface area contributed by atoms with Crippen LogP contribution in [-0.4, -0.2) is 20.7 Å². The van der Waals surface area contributed by atoms with Crippen molar-refractivity contribution >= 4 is 27.7 Å². The summed E-state index contributed by atoms with van der Waals surface area (Å²) in [6.45, 7) is 2.07. The zero-order valence-electron chi connectivity index (χ0n) is 9.22. The number of hydrogen-bond acceptors (Lipinski definition) is 3. The van der Waals surface area contributed by atoms with Crippen LogP contribution < -0.4 is 5.32 Å². The summed E-state index contributed by atoms with van der Waals surface area (Å²) in [5, 5.41) is 6.83. The van der Waals surface area contributed by atoms with Crippen molar-refractivity contribution in [1.29, 1.82) is 0 Å². The van der Waals surface area contributed by atoms with Gasteiger partial charge in [0, 0.05) is 16.9 Å². The summed E-state index contributed by atoms with van der Waals surface area (Å²) < 4.78 is 2.46. The molecule has 0 saturated heterocycles. The van der Waals surface area contributed by atoms with Crippen molar-refractivity contribution in [3.63, 3.8) is 0 Å².